The summed E-state index contributed by atoms with van der Waals surface area (Å²) in [5, 5.41) is 8.16. The molecule has 0 spiro atoms. The lowest BCUT2D eigenvalue weighted by atomic mass is 9.73. The first kappa shape index (κ1) is 36.9. The van der Waals surface area contributed by atoms with E-state index < -0.39 is 36.8 Å². The predicted octanol–water partition coefficient (Wildman–Crippen LogP) is 18.8. The Kier molecular flexibility index (Phi) is 8.01. The van der Waals surface area contributed by atoms with E-state index in [9.17, 15) is 0 Å². The van der Waals surface area contributed by atoms with E-state index in [1.165, 1.54) is 17.7 Å². The van der Waals surface area contributed by atoms with Crippen molar-refractivity contribution in [2.24, 2.45) is 0 Å². The van der Waals surface area contributed by atoms with Crippen LogP contribution in [0.25, 0.3) is 82.1 Å². The molecule has 0 N–H and O–H groups in total. The molecule has 5 nitrogen and oxygen atoms in total. The SMILES string of the molecule is [2H]C([2H])([2H])C(c1cc(-c2cccc3c4ccccc4c4ccccc4c4ccc5c6c4n(c23)CN6c2cc(Oc3ccc4c6ccccc6n(-c6cc(C(C)(C)C)ccn6)c4c3)ccc2C5(C)C)cc(C(C)(C)C)c1)(C([2H])([2H])[2H])C([2H])([2H])[2H]. The minimum Gasteiger partial charge on any atom is -0.457 e. The van der Waals surface area contributed by atoms with Gasteiger partial charge in [0, 0.05) is 63.2 Å². The maximum absolute atomic E-state index is 8.85. The van der Waals surface area contributed by atoms with Crippen LogP contribution in [0, 0.1) is 0 Å². The topological polar surface area (TPSA) is 35.2 Å². The van der Waals surface area contributed by atoms with E-state index in [2.05, 4.69) is 170 Å². The molecule has 0 saturated carbocycles. The number of rotatable bonds is 4. The van der Waals surface area contributed by atoms with Gasteiger partial charge in [-0.05, 0) is 108 Å². The molecular formula is C69H64N4O. The van der Waals surface area contributed by atoms with Crippen molar-refractivity contribution in [3.63, 3.8) is 0 Å². The van der Waals surface area contributed by atoms with Crippen molar-refractivity contribution in [1.29, 1.82) is 0 Å². The van der Waals surface area contributed by atoms with Gasteiger partial charge in [0.25, 0.3) is 0 Å². The normalized spacial score (nSPS) is 16.5. The van der Waals surface area contributed by atoms with E-state index in [-0.39, 0.29) is 11.0 Å². The fraction of sp³-hybridized carbons (Fsp3) is 0.232. The number of benzene rings is 8. The average molecular weight is 974 g/mol. The highest BCUT2D eigenvalue weighted by atomic mass is 16.5. The summed E-state index contributed by atoms with van der Waals surface area (Å²) < 4.78 is 91.3. The summed E-state index contributed by atoms with van der Waals surface area (Å²) in [7, 11) is 0. The van der Waals surface area contributed by atoms with E-state index in [1.54, 1.807) is 0 Å². The molecule has 0 bridgehead atoms. The molecule has 11 aromatic rings. The minimum absolute atomic E-state index is 0.0807. The second kappa shape index (κ2) is 16.1. The first-order valence-electron chi connectivity index (χ1n) is 30.1. The Morgan fingerprint density at radius 1 is 0.500 bits per heavy atom. The van der Waals surface area contributed by atoms with E-state index in [0.717, 1.165) is 93.5 Å². The van der Waals surface area contributed by atoms with Gasteiger partial charge in [0.05, 0.1) is 33.4 Å². The summed E-state index contributed by atoms with van der Waals surface area (Å²) in [6.45, 7) is 6.99. The van der Waals surface area contributed by atoms with Crippen molar-refractivity contribution in [2.45, 2.75) is 104 Å². The van der Waals surface area contributed by atoms with Crippen LogP contribution in [0.4, 0.5) is 11.4 Å². The van der Waals surface area contributed by atoms with Crippen LogP contribution in [0.2, 0.25) is 0 Å². The van der Waals surface area contributed by atoms with Gasteiger partial charge in [0.1, 0.15) is 24.0 Å². The van der Waals surface area contributed by atoms with Crippen LogP contribution in [0.15, 0.2) is 176 Å². The molecule has 0 fully saturated rings. The lowest BCUT2D eigenvalue weighted by Crippen LogP contribution is -2.31. The van der Waals surface area contributed by atoms with Gasteiger partial charge in [-0.15, -0.1) is 0 Å². The Balaban J connectivity index is 1.07. The van der Waals surface area contributed by atoms with Gasteiger partial charge in [-0.3, -0.25) is 4.57 Å². The number of hydrogen-bond acceptors (Lipinski definition) is 3. The molecule has 8 aromatic carbocycles. The van der Waals surface area contributed by atoms with Crippen LogP contribution in [0.1, 0.15) is 116 Å². The van der Waals surface area contributed by atoms with Gasteiger partial charge in [-0.25, -0.2) is 4.98 Å². The minimum atomic E-state index is -3.47. The maximum atomic E-state index is 8.85. The third-order valence-corrected chi connectivity index (χ3v) is 15.9. The van der Waals surface area contributed by atoms with Crippen molar-refractivity contribution in [2.75, 3.05) is 4.90 Å². The molecule has 366 valence electrons. The second-order valence-corrected chi connectivity index (χ2v) is 23.0. The number of fused-ring (bicyclic) bond motifs is 12. The predicted molar refractivity (Wildman–Crippen MR) is 313 cm³/mol. The summed E-state index contributed by atoms with van der Waals surface area (Å²) >= 11 is 0. The zero-order valence-electron chi connectivity index (χ0n) is 52.1. The van der Waals surface area contributed by atoms with Crippen LogP contribution >= 0.6 is 0 Å². The molecule has 5 heterocycles. The van der Waals surface area contributed by atoms with Gasteiger partial charge < -0.3 is 14.2 Å². The molecule has 13 rings (SSSR count). The quantitative estimate of drug-likeness (QED) is 0.176. The second-order valence-electron chi connectivity index (χ2n) is 23.0. The van der Waals surface area contributed by atoms with Crippen LogP contribution in [-0.4, -0.2) is 14.1 Å². The highest BCUT2D eigenvalue weighted by Crippen LogP contribution is 2.56. The van der Waals surface area contributed by atoms with Gasteiger partial charge >= 0.3 is 0 Å². The van der Waals surface area contributed by atoms with Gasteiger partial charge in [0.15, 0.2) is 0 Å². The van der Waals surface area contributed by atoms with Crippen molar-refractivity contribution >= 4 is 76.5 Å². The number of hydrogen-bond donors (Lipinski definition) is 0. The molecule has 74 heavy (non-hydrogen) atoms. The van der Waals surface area contributed by atoms with E-state index >= 15 is 0 Å². The molecular weight excluding hydrogens is 901 g/mol. The lowest BCUT2D eigenvalue weighted by molar-refractivity contribution is 0.482. The molecule has 0 radical (unpaired) electrons. The summed E-state index contributed by atoms with van der Waals surface area (Å²) in [4.78, 5) is 7.30. The largest absolute Gasteiger partial charge is 0.457 e. The van der Waals surface area contributed by atoms with E-state index in [0.29, 0.717) is 34.9 Å². The van der Waals surface area contributed by atoms with Crippen LogP contribution < -0.4 is 9.64 Å². The Morgan fingerprint density at radius 3 is 1.76 bits per heavy atom. The average Bonchev–Trinajstić information content (AvgIpc) is 2.18. The highest BCUT2D eigenvalue weighted by Gasteiger charge is 2.41. The molecule has 0 atom stereocenters. The third kappa shape index (κ3) is 7.07. The van der Waals surface area contributed by atoms with E-state index in [4.69, 9.17) is 22.1 Å². The number of para-hydroxylation sites is 2. The molecule has 2 aliphatic heterocycles. The number of pyridine rings is 1. The maximum Gasteiger partial charge on any atom is 0.137 e. The molecule has 0 aliphatic carbocycles. The zero-order valence-corrected chi connectivity index (χ0v) is 43.1. The number of ether oxygens (including phenoxy) is 1. The molecule has 0 amide bonds. The Morgan fingerprint density at radius 2 is 1.07 bits per heavy atom. The van der Waals surface area contributed by atoms with Crippen molar-refractivity contribution in [3.8, 4) is 28.4 Å². The molecule has 0 unspecified atom stereocenters. The summed E-state index contributed by atoms with van der Waals surface area (Å²) in [5.74, 6) is 2.16. The standard InChI is InChI=1S/C69H64N4O/c1-66(2,3)43-33-34-70-62(38-43)73-59-26-17-16-23-53(59)54-29-27-46(39-60(54)73)74-47-28-31-57-61(40-47)71-41-72-63-48(42-35-44(67(4,5)6)37-45(36-42)68(7,8)9)24-18-25-55(63)51-21-14-12-19-49(51)50-20-13-15-22-52(50)56-30-32-58(69(57,10)11)65(71)64(56)72/h12-40H,41H2,1-11H3/i4D3,5D3,6D3. The van der Waals surface area contributed by atoms with Crippen molar-refractivity contribution < 1.29 is 17.1 Å². The number of nitrogens with zero attached hydrogens (tertiary/aromatic N) is 4. The zero-order chi connectivity index (χ0) is 58.7. The Hall–Kier alpha value is -7.89. The van der Waals surface area contributed by atoms with Crippen LogP contribution in [-0.2, 0) is 28.3 Å². The van der Waals surface area contributed by atoms with Crippen LogP contribution in [0.5, 0.6) is 11.5 Å². The highest BCUT2D eigenvalue weighted by molar-refractivity contribution is 6.22. The summed E-state index contributed by atoms with van der Waals surface area (Å²) in [5.41, 5.74) is 6.24. The van der Waals surface area contributed by atoms with Gasteiger partial charge in [-0.2, -0.15) is 0 Å². The van der Waals surface area contributed by atoms with E-state index in [1.807, 2.05) is 63.4 Å². The first-order valence-corrected chi connectivity index (χ1v) is 25.6. The summed E-state index contributed by atoms with van der Waals surface area (Å²) in [6, 6.07) is 57.7. The van der Waals surface area contributed by atoms with Gasteiger partial charge in [-0.1, -0.05) is 197 Å². The van der Waals surface area contributed by atoms with Crippen molar-refractivity contribution in [3.05, 3.63) is 204 Å². The third-order valence-electron chi connectivity index (χ3n) is 15.9. The first-order chi connectivity index (χ1) is 39.1. The number of aromatic nitrogens is 3. The Labute approximate surface area is 447 Å². The smallest absolute Gasteiger partial charge is 0.137 e. The monoisotopic (exact) mass is 974 g/mol. The fourth-order valence-electron chi connectivity index (χ4n) is 12.0. The molecule has 0 saturated heterocycles. The Bertz CT molecular complexity index is 4570. The molecule has 3 aromatic heterocycles. The lowest BCUT2D eigenvalue weighted by Gasteiger charge is -2.39. The van der Waals surface area contributed by atoms with Gasteiger partial charge in [0.2, 0.25) is 0 Å². The van der Waals surface area contributed by atoms with Crippen molar-refractivity contribution in [1.82, 2.24) is 14.1 Å². The fourth-order valence-corrected chi connectivity index (χ4v) is 12.0. The molecule has 2 aliphatic rings. The summed E-state index contributed by atoms with van der Waals surface area (Å²) in [6.07, 6.45) is 1.89. The number of anilines is 2. The molecule has 5 heteroatoms. The van der Waals surface area contributed by atoms with Crippen LogP contribution in [0.3, 0.4) is 0 Å².